The monoisotopic (exact) mass is 290 g/mol. The van der Waals surface area contributed by atoms with Crippen molar-refractivity contribution in [3.05, 3.63) is 18.2 Å². The number of nitrogens with two attached hydrogens (primary N) is 1. The third-order valence-corrected chi connectivity index (χ3v) is 2.72. The number of hydrazine groups is 1. The Morgan fingerprint density at radius 3 is 2.62 bits per heavy atom. The molecule has 0 radical (unpaired) electrons. The minimum Gasteiger partial charge on any atom is -0.486 e. The average Bonchev–Trinajstić information content (AvgIpc) is 2.54. The maximum Gasteiger partial charge on any atom is 0.322 e. The Labute approximate surface area is 120 Å². The summed E-state index contributed by atoms with van der Waals surface area (Å²) >= 11 is 0. The highest BCUT2D eigenvalue weighted by atomic mass is 16.6. The summed E-state index contributed by atoms with van der Waals surface area (Å²) in [7, 11) is 1.46. The fraction of sp³-hybridized carbons (Fsp3) is 0.250. The van der Waals surface area contributed by atoms with Crippen LogP contribution < -0.4 is 30.8 Å². The summed E-state index contributed by atoms with van der Waals surface area (Å²) in [5.74, 6) is 7.18. The first kappa shape index (κ1) is 13.2. The van der Waals surface area contributed by atoms with E-state index < -0.39 is 0 Å². The van der Waals surface area contributed by atoms with Crippen molar-refractivity contribution in [3.63, 3.8) is 0 Å². The van der Waals surface area contributed by atoms with Crippen molar-refractivity contribution in [2.24, 2.45) is 5.84 Å². The number of nitrogens with zero attached hydrogens (tertiary/aromatic N) is 3. The molecule has 0 bridgehead atoms. The van der Waals surface area contributed by atoms with Gasteiger partial charge in [-0.25, -0.2) is 5.84 Å². The lowest BCUT2D eigenvalue weighted by molar-refractivity contribution is 0.171. The van der Waals surface area contributed by atoms with Crippen molar-refractivity contribution < 1.29 is 14.2 Å². The number of nitrogens with one attached hydrogen (secondary N) is 2. The van der Waals surface area contributed by atoms with Crippen molar-refractivity contribution in [1.29, 1.82) is 0 Å². The lowest BCUT2D eigenvalue weighted by Gasteiger charge is -2.19. The third kappa shape index (κ3) is 2.87. The van der Waals surface area contributed by atoms with Crippen molar-refractivity contribution in [2.75, 3.05) is 31.1 Å². The number of fused-ring (bicyclic) bond motifs is 1. The Kier molecular flexibility index (Phi) is 3.56. The molecule has 1 aliphatic heterocycles. The molecule has 9 nitrogen and oxygen atoms in total. The van der Waals surface area contributed by atoms with E-state index in [2.05, 4.69) is 25.7 Å². The van der Waals surface area contributed by atoms with Crippen LogP contribution >= 0.6 is 0 Å². The van der Waals surface area contributed by atoms with Crippen LogP contribution in [-0.2, 0) is 0 Å². The van der Waals surface area contributed by atoms with Crippen LogP contribution in [0.4, 0.5) is 17.6 Å². The van der Waals surface area contributed by atoms with Crippen molar-refractivity contribution in [3.8, 4) is 17.5 Å². The Bertz CT molecular complexity index is 629. The van der Waals surface area contributed by atoms with E-state index >= 15 is 0 Å². The molecular weight excluding hydrogens is 276 g/mol. The van der Waals surface area contributed by atoms with Gasteiger partial charge in [0.2, 0.25) is 11.9 Å². The molecular formula is C12H14N6O3. The molecule has 21 heavy (non-hydrogen) atoms. The van der Waals surface area contributed by atoms with E-state index in [1.165, 1.54) is 7.11 Å². The van der Waals surface area contributed by atoms with Crippen LogP contribution in [0, 0.1) is 0 Å². The molecule has 1 aromatic carbocycles. The third-order valence-electron chi connectivity index (χ3n) is 2.72. The molecule has 0 amide bonds. The van der Waals surface area contributed by atoms with Gasteiger partial charge in [-0.2, -0.15) is 15.0 Å². The summed E-state index contributed by atoms with van der Waals surface area (Å²) in [6.07, 6.45) is 0. The van der Waals surface area contributed by atoms with Crippen LogP contribution in [0.1, 0.15) is 0 Å². The second kappa shape index (κ2) is 5.67. The van der Waals surface area contributed by atoms with E-state index in [-0.39, 0.29) is 12.0 Å². The van der Waals surface area contributed by atoms with E-state index in [1.807, 2.05) is 12.1 Å². The zero-order chi connectivity index (χ0) is 14.7. The summed E-state index contributed by atoms with van der Waals surface area (Å²) in [5, 5.41) is 3.03. The highest BCUT2D eigenvalue weighted by Crippen LogP contribution is 2.33. The molecule has 0 saturated carbocycles. The number of benzene rings is 1. The van der Waals surface area contributed by atoms with Crippen LogP contribution in [0.25, 0.3) is 0 Å². The molecule has 4 N–H and O–H groups in total. The maximum absolute atomic E-state index is 5.52. The average molecular weight is 290 g/mol. The Morgan fingerprint density at radius 1 is 1.10 bits per heavy atom. The first-order chi connectivity index (χ1) is 10.3. The van der Waals surface area contributed by atoms with Crippen LogP contribution in [-0.4, -0.2) is 35.3 Å². The molecule has 0 unspecified atom stereocenters. The highest BCUT2D eigenvalue weighted by molar-refractivity contribution is 5.60. The van der Waals surface area contributed by atoms with E-state index in [9.17, 15) is 0 Å². The molecule has 0 atom stereocenters. The van der Waals surface area contributed by atoms with Gasteiger partial charge in [0.05, 0.1) is 7.11 Å². The normalized spacial score (nSPS) is 12.7. The first-order valence-electron chi connectivity index (χ1n) is 6.22. The number of hydrogen-bond donors (Lipinski definition) is 3. The van der Waals surface area contributed by atoms with Gasteiger partial charge in [-0.1, -0.05) is 0 Å². The molecule has 0 spiro atoms. The number of hydrogen-bond acceptors (Lipinski definition) is 9. The number of rotatable bonds is 4. The van der Waals surface area contributed by atoms with Gasteiger partial charge in [0.1, 0.15) is 13.2 Å². The Morgan fingerprint density at radius 2 is 1.86 bits per heavy atom. The van der Waals surface area contributed by atoms with Gasteiger partial charge in [0.15, 0.2) is 11.5 Å². The predicted molar refractivity (Wildman–Crippen MR) is 74.9 cm³/mol. The smallest absolute Gasteiger partial charge is 0.322 e. The van der Waals surface area contributed by atoms with Gasteiger partial charge in [-0.3, -0.25) is 5.43 Å². The zero-order valence-electron chi connectivity index (χ0n) is 11.3. The molecule has 1 aromatic heterocycles. The number of ether oxygens (including phenoxy) is 3. The Hall–Kier alpha value is -2.81. The van der Waals surface area contributed by atoms with Gasteiger partial charge in [0, 0.05) is 11.8 Å². The van der Waals surface area contributed by atoms with E-state index in [0.717, 1.165) is 5.69 Å². The molecule has 0 fully saturated rings. The lowest BCUT2D eigenvalue weighted by atomic mass is 10.2. The minimum absolute atomic E-state index is 0.151. The van der Waals surface area contributed by atoms with Gasteiger partial charge >= 0.3 is 6.01 Å². The summed E-state index contributed by atoms with van der Waals surface area (Å²) in [6, 6.07) is 5.61. The molecule has 9 heteroatoms. The van der Waals surface area contributed by atoms with Gasteiger partial charge < -0.3 is 19.5 Å². The molecule has 110 valence electrons. The predicted octanol–water partition coefficient (Wildman–Crippen LogP) is 0.681. The van der Waals surface area contributed by atoms with E-state index in [0.29, 0.717) is 30.7 Å². The van der Waals surface area contributed by atoms with Gasteiger partial charge in [-0.15, -0.1) is 0 Å². The minimum atomic E-state index is 0.151. The van der Waals surface area contributed by atoms with Gasteiger partial charge in [-0.05, 0) is 12.1 Å². The second-order valence-corrected chi connectivity index (χ2v) is 4.10. The van der Waals surface area contributed by atoms with Crippen LogP contribution in [0.2, 0.25) is 0 Å². The SMILES string of the molecule is COc1nc(NN)nc(Nc2ccc3c(c2)OCCO3)n1. The molecule has 0 aliphatic carbocycles. The number of nitrogen functional groups attached to an aromatic ring is 1. The fourth-order valence-electron chi connectivity index (χ4n) is 1.82. The number of methoxy groups -OCH3 is 1. The fourth-order valence-corrected chi connectivity index (χ4v) is 1.82. The standard InChI is InChI=1S/C12H14N6O3/c1-19-12-16-10(15-11(17-12)18-13)14-7-2-3-8-9(6-7)21-5-4-20-8/h2-3,6H,4-5,13H2,1H3,(H2,14,15,16,17,18). The van der Waals surface area contributed by atoms with E-state index in [1.54, 1.807) is 6.07 Å². The van der Waals surface area contributed by atoms with E-state index in [4.69, 9.17) is 20.1 Å². The molecule has 0 saturated heterocycles. The van der Waals surface area contributed by atoms with Crippen molar-refractivity contribution >= 4 is 17.6 Å². The molecule has 2 aromatic rings. The van der Waals surface area contributed by atoms with Crippen molar-refractivity contribution in [2.45, 2.75) is 0 Å². The van der Waals surface area contributed by atoms with Crippen molar-refractivity contribution in [1.82, 2.24) is 15.0 Å². The van der Waals surface area contributed by atoms with Crippen LogP contribution in [0.3, 0.4) is 0 Å². The molecule has 1 aliphatic rings. The topological polar surface area (TPSA) is 116 Å². The second-order valence-electron chi connectivity index (χ2n) is 4.10. The highest BCUT2D eigenvalue weighted by Gasteiger charge is 2.13. The molecule has 2 heterocycles. The lowest BCUT2D eigenvalue weighted by Crippen LogP contribution is -2.15. The molecule has 3 rings (SSSR count). The summed E-state index contributed by atoms with van der Waals surface area (Å²) in [4.78, 5) is 12.1. The first-order valence-corrected chi connectivity index (χ1v) is 6.22. The summed E-state index contributed by atoms with van der Waals surface area (Å²) < 4.78 is 16.0. The largest absolute Gasteiger partial charge is 0.486 e. The summed E-state index contributed by atoms with van der Waals surface area (Å²) in [6.45, 7) is 1.08. The number of aromatic nitrogens is 3. The quantitative estimate of drug-likeness (QED) is 0.552. The van der Waals surface area contributed by atoms with Crippen LogP contribution in [0.5, 0.6) is 17.5 Å². The number of anilines is 3. The van der Waals surface area contributed by atoms with Gasteiger partial charge in [0.25, 0.3) is 0 Å². The summed E-state index contributed by atoms with van der Waals surface area (Å²) in [5.41, 5.74) is 3.10. The zero-order valence-corrected chi connectivity index (χ0v) is 11.3. The maximum atomic E-state index is 5.52. The van der Waals surface area contributed by atoms with Crippen LogP contribution in [0.15, 0.2) is 18.2 Å². The Balaban J connectivity index is 1.86.